The summed E-state index contributed by atoms with van der Waals surface area (Å²) in [6.07, 6.45) is -0.685. The molecule has 0 saturated heterocycles. The molecule has 0 aliphatic carbocycles. The minimum atomic E-state index is -0.685. The van der Waals surface area contributed by atoms with Crippen molar-refractivity contribution >= 4 is 21.8 Å². The summed E-state index contributed by atoms with van der Waals surface area (Å²) in [7, 11) is 1.73. The quantitative estimate of drug-likeness (QED) is 0.781. The van der Waals surface area contributed by atoms with Gasteiger partial charge in [0.1, 0.15) is 18.5 Å². The van der Waals surface area contributed by atoms with Crippen molar-refractivity contribution in [3.05, 3.63) is 28.7 Å². The molecule has 0 aliphatic rings. The normalized spacial score (nSPS) is 14.2. The Morgan fingerprint density at radius 3 is 2.58 bits per heavy atom. The molecule has 2 atom stereocenters. The number of ether oxygens (including phenoxy) is 1. The summed E-state index contributed by atoms with van der Waals surface area (Å²) in [6.45, 7) is 2.18. The summed E-state index contributed by atoms with van der Waals surface area (Å²) in [6, 6.07) is 6.94. The lowest BCUT2D eigenvalue weighted by Crippen LogP contribution is -2.44. The predicted octanol–water partition coefficient (Wildman–Crippen LogP) is 0.994. The maximum Gasteiger partial charge on any atom is 0.234 e. The third-order valence-electron chi connectivity index (χ3n) is 2.83. The molecule has 0 aliphatic heterocycles. The van der Waals surface area contributed by atoms with Crippen LogP contribution in [0.4, 0.5) is 0 Å². The van der Waals surface area contributed by atoms with Crippen molar-refractivity contribution in [3.8, 4) is 5.75 Å². The first-order valence-corrected chi connectivity index (χ1v) is 6.75. The molecule has 1 rings (SSSR count). The second-order valence-corrected chi connectivity index (χ2v) is 5.35. The SMILES string of the molecule is C[C@H](C(N)=O)N(C)CC(O)COc1ccc(Br)cc1. The van der Waals surface area contributed by atoms with Crippen LogP contribution in [0.2, 0.25) is 0 Å². The van der Waals surface area contributed by atoms with Gasteiger partial charge in [-0.25, -0.2) is 0 Å². The van der Waals surface area contributed by atoms with Crippen LogP contribution in [0.3, 0.4) is 0 Å². The van der Waals surface area contributed by atoms with Crippen molar-refractivity contribution in [1.82, 2.24) is 4.90 Å². The van der Waals surface area contributed by atoms with Crippen LogP contribution in [0.15, 0.2) is 28.7 Å². The van der Waals surface area contributed by atoms with Crippen LogP contribution in [-0.2, 0) is 4.79 Å². The second-order valence-electron chi connectivity index (χ2n) is 4.44. The fourth-order valence-electron chi connectivity index (χ4n) is 1.48. The van der Waals surface area contributed by atoms with Gasteiger partial charge in [0.05, 0.1) is 6.04 Å². The van der Waals surface area contributed by atoms with Gasteiger partial charge in [-0.1, -0.05) is 15.9 Å². The van der Waals surface area contributed by atoms with Gasteiger partial charge >= 0.3 is 0 Å². The Hall–Kier alpha value is -1.11. The van der Waals surface area contributed by atoms with Crippen LogP contribution in [0, 0.1) is 0 Å². The maximum atomic E-state index is 11.0. The first-order valence-electron chi connectivity index (χ1n) is 5.96. The van der Waals surface area contributed by atoms with E-state index in [4.69, 9.17) is 10.5 Å². The molecule has 1 unspecified atom stereocenters. The number of aliphatic hydroxyl groups is 1. The Kier molecular flexibility index (Phi) is 6.27. The first-order chi connectivity index (χ1) is 8.90. The Balaban J connectivity index is 2.37. The van der Waals surface area contributed by atoms with Gasteiger partial charge in [-0.3, -0.25) is 9.69 Å². The smallest absolute Gasteiger partial charge is 0.234 e. The van der Waals surface area contributed by atoms with E-state index in [-0.39, 0.29) is 6.61 Å². The molecule has 0 fully saturated rings. The third kappa shape index (κ3) is 5.59. The van der Waals surface area contributed by atoms with Gasteiger partial charge in [0.2, 0.25) is 5.91 Å². The van der Waals surface area contributed by atoms with Crippen molar-refractivity contribution in [2.75, 3.05) is 20.2 Å². The monoisotopic (exact) mass is 330 g/mol. The standard InChI is InChI=1S/C13H19BrN2O3/c1-9(13(15)18)16(2)7-11(17)8-19-12-5-3-10(14)4-6-12/h3-6,9,11,17H,7-8H2,1-2H3,(H2,15,18)/t9-,11?/m1/s1. The second kappa shape index (κ2) is 7.47. The zero-order valence-electron chi connectivity index (χ0n) is 11.0. The highest BCUT2D eigenvalue weighted by Gasteiger charge is 2.18. The van der Waals surface area contributed by atoms with E-state index in [0.717, 1.165) is 4.47 Å². The van der Waals surface area contributed by atoms with Crippen LogP contribution in [-0.4, -0.2) is 48.3 Å². The predicted molar refractivity (Wildman–Crippen MR) is 76.9 cm³/mol. The number of nitrogens with zero attached hydrogens (tertiary/aromatic N) is 1. The lowest BCUT2D eigenvalue weighted by Gasteiger charge is -2.24. The minimum absolute atomic E-state index is 0.164. The largest absolute Gasteiger partial charge is 0.491 e. The number of carbonyl (C=O) groups is 1. The minimum Gasteiger partial charge on any atom is -0.491 e. The lowest BCUT2D eigenvalue weighted by molar-refractivity contribution is -0.122. The number of nitrogens with two attached hydrogens (primary N) is 1. The summed E-state index contributed by atoms with van der Waals surface area (Å²) in [5.74, 6) is 0.274. The molecule has 0 spiro atoms. The summed E-state index contributed by atoms with van der Waals surface area (Å²) in [4.78, 5) is 12.7. The number of amides is 1. The Morgan fingerprint density at radius 1 is 1.47 bits per heavy atom. The van der Waals surface area contributed by atoms with E-state index in [1.807, 2.05) is 24.3 Å². The average molecular weight is 331 g/mol. The lowest BCUT2D eigenvalue weighted by atomic mass is 10.2. The summed E-state index contributed by atoms with van der Waals surface area (Å²) in [5.41, 5.74) is 5.19. The molecule has 0 aromatic heterocycles. The summed E-state index contributed by atoms with van der Waals surface area (Å²) >= 11 is 3.33. The number of hydrogen-bond donors (Lipinski definition) is 2. The molecular weight excluding hydrogens is 312 g/mol. The molecule has 5 nitrogen and oxygen atoms in total. The van der Waals surface area contributed by atoms with Crippen LogP contribution >= 0.6 is 15.9 Å². The Morgan fingerprint density at radius 2 is 2.05 bits per heavy atom. The van der Waals surface area contributed by atoms with E-state index >= 15 is 0 Å². The highest BCUT2D eigenvalue weighted by atomic mass is 79.9. The number of rotatable bonds is 7. The van der Waals surface area contributed by atoms with Crippen molar-refractivity contribution in [1.29, 1.82) is 0 Å². The van der Waals surface area contributed by atoms with E-state index in [2.05, 4.69) is 15.9 Å². The molecule has 0 bridgehead atoms. The third-order valence-corrected chi connectivity index (χ3v) is 3.36. The van der Waals surface area contributed by atoms with Crippen LogP contribution in [0.5, 0.6) is 5.75 Å². The molecule has 19 heavy (non-hydrogen) atoms. The van der Waals surface area contributed by atoms with E-state index < -0.39 is 18.1 Å². The molecule has 1 aromatic rings. The van der Waals surface area contributed by atoms with Crippen molar-refractivity contribution in [2.24, 2.45) is 5.73 Å². The first kappa shape index (κ1) is 15.9. The van der Waals surface area contributed by atoms with Crippen LogP contribution in [0.25, 0.3) is 0 Å². The van der Waals surface area contributed by atoms with Gasteiger partial charge in [-0.2, -0.15) is 0 Å². The highest BCUT2D eigenvalue weighted by Crippen LogP contribution is 2.16. The molecule has 1 aromatic carbocycles. The van der Waals surface area contributed by atoms with E-state index in [0.29, 0.717) is 12.3 Å². The summed E-state index contributed by atoms with van der Waals surface area (Å²) < 4.78 is 6.42. The van der Waals surface area contributed by atoms with Crippen LogP contribution in [0.1, 0.15) is 6.92 Å². The van der Waals surface area contributed by atoms with E-state index in [1.165, 1.54) is 0 Å². The number of carbonyl (C=O) groups excluding carboxylic acids is 1. The molecule has 3 N–H and O–H groups in total. The zero-order chi connectivity index (χ0) is 14.4. The van der Waals surface area contributed by atoms with Gasteiger partial charge in [0.15, 0.2) is 0 Å². The number of benzene rings is 1. The number of likely N-dealkylation sites (N-methyl/N-ethyl adjacent to an activating group) is 1. The van der Waals surface area contributed by atoms with Gasteiger partial charge in [-0.15, -0.1) is 0 Å². The number of hydrogen-bond acceptors (Lipinski definition) is 4. The summed E-state index contributed by atoms with van der Waals surface area (Å²) in [5, 5.41) is 9.84. The van der Waals surface area contributed by atoms with E-state index in [1.54, 1.807) is 18.9 Å². The van der Waals surface area contributed by atoms with Gasteiger partial charge in [0, 0.05) is 11.0 Å². The Labute approximate surface area is 121 Å². The molecular formula is C13H19BrN2O3. The average Bonchev–Trinajstić information content (AvgIpc) is 2.37. The van der Waals surface area contributed by atoms with Crippen molar-refractivity contribution < 1.29 is 14.6 Å². The topological polar surface area (TPSA) is 75.8 Å². The van der Waals surface area contributed by atoms with Crippen molar-refractivity contribution in [3.63, 3.8) is 0 Å². The van der Waals surface area contributed by atoms with Gasteiger partial charge in [-0.05, 0) is 38.2 Å². The van der Waals surface area contributed by atoms with Gasteiger partial charge < -0.3 is 15.6 Å². The molecule has 106 valence electrons. The van der Waals surface area contributed by atoms with Crippen molar-refractivity contribution in [2.45, 2.75) is 19.1 Å². The molecule has 0 heterocycles. The highest BCUT2D eigenvalue weighted by molar-refractivity contribution is 9.10. The number of halogens is 1. The fraction of sp³-hybridized carbons (Fsp3) is 0.462. The molecule has 0 radical (unpaired) electrons. The van der Waals surface area contributed by atoms with Gasteiger partial charge in [0.25, 0.3) is 0 Å². The number of primary amides is 1. The number of aliphatic hydroxyl groups excluding tert-OH is 1. The van der Waals surface area contributed by atoms with E-state index in [9.17, 15) is 9.90 Å². The fourth-order valence-corrected chi connectivity index (χ4v) is 1.75. The van der Waals surface area contributed by atoms with Crippen LogP contribution < -0.4 is 10.5 Å². The maximum absolute atomic E-state index is 11.0. The molecule has 6 heteroatoms. The molecule has 0 saturated carbocycles. The zero-order valence-corrected chi connectivity index (χ0v) is 12.6. The molecule has 1 amide bonds. The Bertz CT molecular complexity index is 411.